The number of amides is 3. The third-order valence-electron chi connectivity index (χ3n) is 5.28. The van der Waals surface area contributed by atoms with Crippen molar-refractivity contribution in [3.05, 3.63) is 34.3 Å². The van der Waals surface area contributed by atoms with E-state index in [0.717, 1.165) is 30.4 Å². The fourth-order valence-corrected chi connectivity index (χ4v) is 3.99. The minimum absolute atomic E-state index is 0.0158. The van der Waals surface area contributed by atoms with E-state index in [1.54, 1.807) is 23.1 Å². The summed E-state index contributed by atoms with van der Waals surface area (Å²) in [5.41, 5.74) is 0.517. The standard InChI is InChI=1S/C20H27BrN4O3/c21-17-6-4-5-16(13-17)20(28)22-14-18(26)25-11-9-23(10-12-25)15-19(27)24-7-2-1-3-8-24/h4-6,13H,1-3,7-12,14-15H2,(H,22,28). The van der Waals surface area contributed by atoms with E-state index in [0.29, 0.717) is 38.3 Å². The van der Waals surface area contributed by atoms with Crippen LogP contribution < -0.4 is 5.32 Å². The molecule has 152 valence electrons. The first-order valence-electron chi connectivity index (χ1n) is 9.84. The largest absolute Gasteiger partial charge is 0.343 e. The van der Waals surface area contributed by atoms with E-state index in [4.69, 9.17) is 0 Å². The molecule has 0 bridgehead atoms. The van der Waals surface area contributed by atoms with Gasteiger partial charge in [-0.25, -0.2) is 0 Å². The summed E-state index contributed by atoms with van der Waals surface area (Å²) in [5, 5.41) is 2.68. The van der Waals surface area contributed by atoms with Crippen molar-refractivity contribution in [3.63, 3.8) is 0 Å². The summed E-state index contributed by atoms with van der Waals surface area (Å²) in [6.07, 6.45) is 3.40. The van der Waals surface area contributed by atoms with Gasteiger partial charge in [-0.3, -0.25) is 19.3 Å². The number of hydrogen-bond donors (Lipinski definition) is 1. The third-order valence-corrected chi connectivity index (χ3v) is 5.77. The lowest BCUT2D eigenvalue weighted by atomic mass is 10.1. The fourth-order valence-electron chi connectivity index (χ4n) is 3.59. The number of rotatable bonds is 5. The molecule has 0 unspecified atom stereocenters. The number of likely N-dealkylation sites (tertiary alicyclic amines) is 1. The van der Waals surface area contributed by atoms with E-state index in [1.807, 2.05) is 11.0 Å². The van der Waals surface area contributed by atoms with E-state index < -0.39 is 0 Å². The zero-order valence-corrected chi connectivity index (χ0v) is 17.6. The Morgan fingerprint density at radius 3 is 2.25 bits per heavy atom. The SMILES string of the molecule is O=C(NCC(=O)N1CCN(CC(=O)N2CCCCC2)CC1)c1cccc(Br)c1. The summed E-state index contributed by atoms with van der Waals surface area (Å²) in [4.78, 5) is 42.7. The molecule has 0 atom stereocenters. The molecule has 0 radical (unpaired) electrons. The monoisotopic (exact) mass is 450 g/mol. The second-order valence-corrected chi connectivity index (χ2v) is 8.21. The van der Waals surface area contributed by atoms with Crippen LogP contribution in [0.1, 0.15) is 29.6 Å². The van der Waals surface area contributed by atoms with Crippen molar-refractivity contribution in [2.75, 3.05) is 52.4 Å². The van der Waals surface area contributed by atoms with Gasteiger partial charge in [0.15, 0.2) is 0 Å². The molecule has 0 aliphatic carbocycles. The average Bonchev–Trinajstić information content (AvgIpc) is 2.73. The molecule has 1 aromatic carbocycles. The molecule has 0 spiro atoms. The Hall–Kier alpha value is -1.93. The van der Waals surface area contributed by atoms with Crippen LogP contribution in [0.25, 0.3) is 0 Å². The van der Waals surface area contributed by atoms with Gasteiger partial charge in [0.25, 0.3) is 5.91 Å². The fraction of sp³-hybridized carbons (Fsp3) is 0.550. The van der Waals surface area contributed by atoms with Gasteiger partial charge in [-0.2, -0.15) is 0 Å². The topological polar surface area (TPSA) is 73.0 Å². The number of nitrogens with zero attached hydrogens (tertiary/aromatic N) is 3. The number of nitrogens with one attached hydrogen (secondary N) is 1. The van der Waals surface area contributed by atoms with E-state index >= 15 is 0 Å². The van der Waals surface area contributed by atoms with Gasteiger partial charge in [0.1, 0.15) is 0 Å². The lowest BCUT2D eigenvalue weighted by Crippen LogP contribution is -2.53. The summed E-state index contributed by atoms with van der Waals surface area (Å²) in [5.74, 6) is -0.161. The molecule has 2 saturated heterocycles. The Morgan fingerprint density at radius 1 is 0.893 bits per heavy atom. The summed E-state index contributed by atoms with van der Waals surface area (Å²) >= 11 is 3.33. The molecule has 3 rings (SSSR count). The van der Waals surface area contributed by atoms with Crippen LogP contribution in [0.2, 0.25) is 0 Å². The Kier molecular flexibility index (Phi) is 7.44. The molecular weight excluding hydrogens is 424 g/mol. The molecule has 8 heteroatoms. The molecule has 2 aliphatic rings. The Morgan fingerprint density at radius 2 is 1.57 bits per heavy atom. The number of piperidine rings is 1. The number of halogens is 1. The molecule has 0 saturated carbocycles. The lowest BCUT2D eigenvalue weighted by Gasteiger charge is -2.36. The van der Waals surface area contributed by atoms with E-state index in [9.17, 15) is 14.4 Å². The summed E-state index contributed by atoms with van der Waals surface area (Å²) < 4.78 is 0.821. The van der Waals surface area contributed by atoms with Crippen molar-refractivity contribution >= 4 is 33.7 Å². The maximum absolute atomic E-state index is 12.4. The van der Waals surface area contributed by atoms with Crippen molar-refractivity contribution in [2.45, 2.75) is 19.3 Å². The highest BCUT2D eigenvalue weighted by molar-refractivity contribution is 9.10. The molecule has 2 heterocycles. The quantitative estimate of drug-likeness (QED) is 0.734. The van der Waals surface area contributed by atoms with Crippen LogP contribution in [0.15, 0.2) is 28.7 Å². The number of piperazine rings is 1. The molecule has 3 amide bonds. The second kappa shape index (κ2) is 10.0. The highest BCUT2D eigenvalue weighted by atomic mass is 79.9. The zero-order chi connectivity index (χ0) is 19.9. The van der Waals surface area contributed by atoms with Crippen molar-refractivity contribution in [2.24, 2.45) is 0 Å². The van der Waals surface area contributed by atoms with E-state index in [2.05, 4.69) is 26.1 Å². The van der Waals surface area contributed by atoms with Crippen molar-refractivity contribution in [1.29, 1.82) is 0 Å². The normalized spacial score (nSPS) is 18.0. The predicted molar refractivity (Wildman–Crippen MR) is 110 cm³/mol. The molecular formula is C20H27BrN4O3. The van der Waals surface area contributed by atoms with E-state index in [-0.39, 0.29) is 24.3 Å². The summed E-state index contributed by atoms with van der Waals surface area (Å²) in [6, 6.07) is 7.06. The van der Waals surface area contributed by atoms with Gasteiger partial charge in [-0.05, 0) is 37.5 Å². The van der Waals surface area contributed by atoms with Gasteiger partial charge in [-0.15, -0.1) is 0 Å². The number of hydrogen-bond acceptors (Lipinski definition) is 4. The maximum Gasteiger partial charge on any atom is 0.251 e. The van der Waals surface area contributed by atoms with Gasteiger partial charge in [0, 0.05) is 49.3 Å². The minimum Gasteiger partial charge on any atom is -0.343 e. The predicted octanol–water partition coefficient (Wildman–Crippen LogP) is 1.34. The smallest absolute Gasteiger partial charge is 0.251 e. The zero-order valence-electron chi connectivity index (χ0n) is 16.0. The van der Waals surface area contributed by atoms with Crippen molar-refractivity contribution < 1.29 is 14.4 Å². The molecule has 7 nitrogen and oxygen atoms in total. The molecule has 1 N–H and O–H groups in total. The van der Waals surface area contributed by atoms with Gasteiger partial charge in [0.05, 0.1) is 13.1 Å². The van der Waals surface area contributed by atoms with Gasteiger partial charge < -0.3 is 15.1 Å². The van der Waals surface area contributed by atoms with Crippen LogP contribution in [0.3, 0.4) is 0 Å². The van der Waals surface area contributed by atoms with Crippen LogP contribution in [-0.2, 0) is 9.59 Å². The molecule has 0 aromatic heterocycles. The molecule has 1 aromatic rings. The van der Waals surface area contributed by atoms with E-state index in [1.165, 1.54) is 6.42 Å². The summed E-state index contributed by atoms with van der Waals surface area (Å²) in [7, 11) is 0. The van der Waals surface area contributed by atoms with Crippen LogP contribution in [0, 0.1) is 0 Å². The van der Waals surface area contributed by atoms with Gasteiger partial charge >= 0.3 is 0 Å². The first-order chi connectivity index (χ1) is 13.5. The van der Waals surface area contributed by atoms with Crippen LogP contribution in [0.5, 0.6) is 0 Å². The highest BCUT2D eigenvalue weighted by Crippen LogP contribution is 2.12. The molecule has 2 aliphatic heterocycles. The second-order valence-electron chi connectivity index (χ2n) is 7.29. The third kappa shape index (κ3) is 5.78. The van der Waals surface area contributed by atoms with Crippen molar-refractivity contribution in [1.82, 2.24) is 20.0 Å². The summed E-state index contributed by atoms with van der Waals surface area (Å²) in [6.45, 7) is 4.69. The minimum atomic E-state index is -0.264. The average molecular weight is 451 g/mol. The Balaban J connectivity index is 1.38. The van der Waals surface area contributed by atoms with Crippen LogP contribution in [0.4, 0.5) is 0 Å². The highest BCUT2D eigenvalue weighted by Gasteiger charge is 2.25. The molecule has 2 fully saturated rings. The van der Waals surface area contributed by atoms with Gasteiger partial charge in [0.2, 0.25) is 11.8 Å². The number of carbonyl (C=O) groups is 3. The van der Waals surface area contributed by atoms with Crippen LogP contribution >= 0.6 is 15.9 Å². The van der Waals surface area contributed by atoms with Crippen molar-refractivity contribution in [3.8, 4) is 0 Å². The number of benzene rings is 1. The Labute approximate surface area is 174 Å². The number of carbonyl (C=O) groups excluding carboxylic acids is 3. The first kappa shape index (κ1) is 20.8. The Bertz CT molecular complexity index is 713. The maximum atomic E-state index is 12.4. The van der Waals surface area contributed by atoms with Gasteiger partial charge in [-0.1, -0.05) is 22.0 Å². The van der Waals surface area contributed by atoms with Crippen LogP contribution in [-0.4, -0.2) is 84.8 Å². The first-order valence-corrected chi connectivity index (χ1v) is 10.6. The lowest BCUT2D eigenvalue weighted by molar-refractivity contribution is -0.135. The molecule has 28 heavy (non-hydrogen) atoms.